The predicted octanol–water partition coefficient (Wildman–Crippen LogP) is 1.84. The van der Waals surface area contributed by atoms with Crippen molar-refractivity contribution in [2.24, 2.45) is 5.84 Å². The number of anilines is 2. The molecule has 0 saturated carbocycles. The fourth-order valence-electron chi connectivity index (χ4n) is 2.54. The zero-order valence-corrected chi connectivity index (χ0v) is 16.9. The van der Waals surface area contributed by atoms with Crippen molar-refractivity contribution in [2.45, 2.75) is 6.92 Å². The van der Waals surface area contributed by atoms with E-state index in [1.807, 2.05) is 19.1 Å². The molecule has 3 rings (SSSR count). The van der Waals surface area contributed by atoms with Crippen LogP contribution in [0.1, 0.15) is 17.4 Å². The topological polar surface area (TPSA) is 158 Å². The number of aromatic amines is 1. The number of nitrogens with one attached hydrogen (secondary N) is 2. The minimum absolute atomic E-state index is 0.0777. The number of rotatable bonds is 6. The maximum absolute atomic E-state index is 12.0. The van der Waals surface area contributed by atoms with Crippen molar-refractivity contribution in [3.8, 4) is 28.3 Å². The summed E-state index contributed by atoms with van der Waals surface area (Å²) in [5.41, 5.74) is 9.93. The van der Waals surface area contributed by atoms with Gasteiger partial charge in [-0.05, 0) is 30.7 Å². The Morgan fingerprint density at radius 2 is 1.90 bits per heavy atom. The Bertz CT molecular complexity index is 1050. The summed E-state index contributed by atoms with van der Waals surface area (Å²) < 4.78 is 9.97. The molecule has 6 N–H and O–H groups in total. The van der Waals surface area contributed by atoms with Gasteiger partial charge in [0.05, 0.1) is 12.2 Å². The zero-order chi connectivity index (χ0) is 22.1. The molecule has 158 valence electrons. The van der Waals surface area contributed by atoms with Crippen molar-refractivity contribution in [3.05, 3.63) is 52.6 Å². The molecule has 0 aliphatic heterocycles. The van der Waals surface area contributed by atoms with Crippen LogP contribution < -0.4 is 27.3 Å². The van der Waals surface area contributed by atoms with E-state index in [-0.39, 0.29) is 17.3 Å². The number of aromatic nitrogens is 3. The van der Waals surface area contributed by atoms with E-state index in [9.17, 15) is 9.59 Å². The van der Waals surface area contributed by atoms with Crippen molar-refractivity contribution < 1.29 is 14.3 Å². The molecule has 0 amide bonds. The van der Waals surface area contributed by atoms with Gasteiger partial charge in [0.1, 0.15) is 23.0 Å². The summed E-state index contributed by atoms with van der Waals surface area (Å²) in [5, 5.41) is 0. The highest BCUT2D eigenvalue weighted by molar-refractivity contribution is 5.76. The average Bonchev–Trinajstić information content (AvgIpc) is 2.76. The number of aldehydes is 1. The monoisotopic (exact) mass is 412 g/mol. The Balaban J connectivity index is 0.00000101. The summed E-state index contributed by atoms with van der Waals surface area (Å²) in [5.74, 6) is 6.25. The fraction of sp³-hybridized carbons (Fsp3) is 0.200. The number of nitrogens with two attached hydrogens (primary N) is 2. The number of ether oxygens (including phenoxy) is 2. The second-order valence-electron chi connectivity index (χ2n) is 5.96. The minimum atomic E-state index is -0.506. The standard InChI is InChI=1S/C18H18N6O3.C2H6O/c1-2-27-14-7-10(11-3-5-12(9-25)21-8-11)4-6-13(14)16-22-17(24-20)15(19)18(26)23-16;1-3-2/h3-9H,2,19-20H2,1H3,(H2,22,23,24,26);1-2H3. The first-order chi connectivity index (χ1) is 14.5. The number of H-pyrrole nitrogens is 1. The molecule has 0 saturated heterocycles. The first-order valence-electron chi connectivity index (χ1n) is 8.94. The van der Waals surface area contributed by atoms with E-state index < -0.39 is 5.56 Å². The molecule has 2 heterocycles. The van der Waals surface area contributed by atoms with E-state index in [2.05, 4.69) is 25.1 Å². The van der Waals surface area contributed by atoms with Crippen LogP contribution in [0.25, 0.3) is 22.5 Å². The first kappa shape index (κ1) is 22.5. The van der Waals surface area contributed by atoms with E-state index in [0.29, 0.717) is 29.9 Å². The lowest BCUT2D eigenvalue weighted by molar-refractivity contribution is 0.111. The molecule has 3 aromatic rings. The van der Waals surface area contributed by atoms with Gasteiger partial charge in [0, 0.05) is 26.0 Å². The van der Waals surface area contributed by atoms with Crippen LogP contribution in [-0.4, -0.2) is 42.1 Å². The van der Waals surface area contributed by atoms with E-state index in [4.69, 9.17) is 16.3 Å². The van der Waals surface area contributed by atoms with Gasteiger partial charge in [0.15, 0.2) is 12.1 Å². The molecule has 2 aromatic heterocycles. The van der Waals surface area contributed by atoms with Gasteiger partial charge in [0.25, 0.3) is 5.56 Å². The van der Waals surface area contributed by atoms with Crippen LogP contribution >= 0.6 is 0 Å². The molecule has 0 aliphatic rings. The summed E-state index contributed by atoms with van der Waals surface area (Å²) in [6.45, 7) is 2.27. The van der Waals surface area contributed by atoms with Crippen LogP contribution in [-0.2, 0) is 4.74 Å². The second kappa shape index (κ2) is 10.7. The zero-order valence-electron chi connectivity index (χ0n) is 16.9. The van der Waals surface area contributed by atoms with Gasteiger partial charge in [-0.15, -0.1) is 0 Å². The molecular weight excluding hydrogens is 388 g/mol. The Labute approximate surface area is 173 Å². The number of nitrogens with zero attached hydrogens (tertiary/aromatic N) is 2. The Hall–Kier alpha value is -3.76. The number of hydrogen-bond acceptors (Lipinski definition) is 9. The van der Waals surface area contributed by atoms with Crippen LogP contribution in [0, 0.1) is 0 Å². The molecule has 0 unspecified atom stereocenters. The molecule has 0 fully saturated rings. The molecule has 0 radical (unpaired) electrons. The van der Waals surface area contributed by atoms with Crippen molar-refractivity contribution >= 4 is 17.8 Å². The Kier molecular flexibility index (Phi) is 8.03. The molecule has 1 aromatic carbocycles. The van der Waals surface area contributed by atoms with Crippen molar-refractivity contribution in [2.75, 3.05) is 32.0 Å². The molecular formula is C20H24N6O4. The normalized spacial score (nSPS) is 10.0. The van der Waals surface area contributed by atoms with E-state index in [1.165, 1.54) is 0 Å². The van der Waals surface area contributed by atoms with Gasteiger partial charge in [-0.3, -0.25) is 14.6 Å². The summed E-state index contributed by atoms with van der Waals surface area (Å²) in [6, 6.07) is 8.84. The quantitative estimate of drug-likeness (QED) is 0.269. The summed E-state index contributed by atoms with van der Waals surface area (Å²) in [7, 11) is 3.25. The van der Waals surface area contributed by atoms with Crippen molar-refractivity contribution in [3.63, 3.8) is 0 Å². The Morgan fingerprint density at radius 3 is 2.47 bits per heavy atom. The lowest BCUT2D eigenvalue weighted by Crippen LogP contribution is -2.20. The van der Waals surface area contributed by atoms with Gasteiger partial charge >= 0.3 is 0 Å². The maximum atomic E-state index is 12.0. The number of carbonyl (C=O) groups excluding carboxylic acids is 1. The summed E-state index contributed by atoms with van der Waals surface area (Å²) in [4.78, 5) is 33.7. The number of benzene rings is 1. The van der Waals surface area contributed by atoms with Gasteiger partial charge < -0.3 is 25.6 Å². The molecule has 0 bridgehead atoms. The molecule has 0 aliphatic carbocycles. The molecule has 10 nitrogen and oxygen atoms in total. The number of nitrogen functional groups attached to an aromatic ring is 2. The van der Waals surface area contributed by atoms with Gasteiger partial charge in [-0.2, -0.15) is 0 Å². The van der Waals surface area contributed by atoms with E-state index in [0.717, 1.165) is 11.1 Å². The van der Waals surface area contributed by atoms with E-state index >= 15 is 0 Å². The maximum Gasteiger partial charge on any atom is 0.276 e. The van der Waals surface area contributed by atoms with Gasteiger partial charge in [0.2, 0.25) is 0 Å². The number of methoxy groups -OCH3 is 1. The molecule has 0 spiro atoms. The highest BCUT2D eigenvalue weighted by Gasteiger charge is 2.14. The second-order valence-corrected chi connectivity index (χ2v) is 5.96. The smallest absolute Gasteiger partial charge is 0.276 e. The predicted molar refractivity (Wildman–Crippen MR) is 115 cm³/mol. The number of carbonyl (C=O) groups is 1. The third-order valence-corrected chi connectivity index (χ3v) is 3.87. The number of hydrogen-bond donors (Lipinski definition) is 4. The lowest BCUT2D eigenvalue weighted by Gasteiger charge is -2.13. The van der Waals surface area contributed by atoms with Gasteiger partial charge in [-0.1, -0.05) is 12.1 Å². The van der Waals surface area contributed by atoms with Crippen LogP contribution in [0.15, 0.2) is 41.3 Å². The largest absolute Gasteiger partial charge is 0.493 e. The molecule has 30 heavy (non-hydrogen) atoms. The molecule has 0 atom stereocenters. The first-order valence-corrected chi connectivity index (χ1v) is 8.94. The summed E-state index contributed by atoms with van der Waals surface area (Å²) in [6.07, 6.45) is 2.29. The van der Waals surface area contributed by atoms with Crippen LogP contribution in [0.3, 0.4) is 0 Å². The van der Waals surface area contributed by atoms with Crippen molar-refractivity contribution in [1.82, 2.24) is 15.0 Å². The van der Waals surface area contributed by atoms with Crippen LogP contribution in [0.5, 0.6) is 5.75 Å². The minimum Gasteiger partial charge on any atom is -0.493 e. The number of hydrazine groups is 1. The molecule has 10 heteroatoms. The highest BCUT2D eigenvalue weighted by Crippen LogP contribution is 2.33. The average molecular weight is 412 g/mol. The third kappa shape index (κ3) is 5.19. The third-order valence-electron chi connectivity index (χ3n) is 3.87. The fourth-order valence-corrected chi connectivity index (χ4v) is 2.54. The van der Waals surface area contributed by atoms with Crippen LogP contribution in [0.4, 0.5) is 11.5 Å². The highest BCUT2D eigenvalue weighted by atomic mass is 16.5. The summed E-state index contributed by atoms with van der Waals surface area (Å²) >= 11 is 0. The SMILES string of the molecule is CCOc1cc(-c2ccc(C=O)nc2)ccc1-c1nc(NN)c(N)c(=O)[nH]1.COC. The number of pyridine rings is 1. The van der Waals surface area contributed by atoms with Crippen molar-refractivity contribution in [1.29, 1.82) is 0 Å². The Morgan fingerprint density at radius 1 is 1.20 bits per heavy atom. The van der Waals surface area contributed by atoms with Crippen LogP contribution in [0.2, 0.25) is 0 Å². The lowest BCUT2D eigenvalue weighted by atomic mass is 10.0. The van der Waals surface area contributed by atoms with E-state index in [1.54, 1.807) is 38.6 Å². The van der Waals surface area contributed by atoms with Gasteiger partial charge in [-0.25, -0.2) is 10.8 Å².